The molecule has 0 aliphatic carbocycles. The van der Waals surface area contributed by atoms with Crippen LogP contribution in [0, 0.1) is 0 Å². The number of benzene rings is 7. The Morgan fingerprint density at radius 2 is 0.585 bits per heavy atom. The normalized spacial score (nSPS) is 13.2. The fourth-order valence-corrected chi connectivity index (χ4v) is 9.21. The molecule has 0 saturated carbocycles. The number of hydrogen-bond donors (Lipinski definition) is 0. The van der Waals surface area contributed by atoms with Gasteiger partial charge in [-0.25, -0.2) is 0 Å². The van der Waals surface area contributed by atoms with Crippen LogP contribution < -0.4 is 26.4 Å². The van der Waals surface area contributed by atoms with E-state index < -0.39 is 195 Å². The molecule has 0 fully saturated rings. The summed E-state index contributed by atoms with van der Waals surface area (Å²) in [4.78, 5) is 13.1. The Labute approximate surface area is 445 Å². The summed E-state index contributed by atoms with van der Waals surface area (Å²) in [6.07, 6.45) is -54.8. The maximum Gasteiger partial charge on any atom is 0.416 e. The zero-order valence-corrected chi connectivity index (χ0v) is 40.4. The highest BCUT2D eigenvalue weighted by molar-refractivity contribution is 7.20. The highest BCUT2D eigenvalue weighted by atomic mass is 19.4. The van der Waals surface area contributed by atoms with Crippen LogP contribution >= 0.6 is 0 Å². The molecule has 0 atom stereocenters. The predicted octanol–water partition coefficient (Wildman–Crippen LogP) is 15.6. The second kappa shape index (κ2) is 21.7. The van der Waals surface area contributed by atoms with Gasteiger partial charge in [0.1, 0.15) is 6.15 Å². The molecule has 0 aliphatic rings. The lowest BCUT2D eigenvalue weighted by Gasteiger charge is -2.46. The number of carbonyl (C=O) groups is 1. The van der Waals surface area contributed by atoms with Gasteiger partial charge in [-0.1, -0.05) is 121 Å². The van der Waals surface area contributed by atoms with Crippen molar-refractivity contribution in [3.05, 3.63) is 231 Å². The summed E-state index contributed by atoms with van der Waals surface area (Å²) >= 11 is 0. The van der Waals surface area contributed by atoms with Crippen LogP contribution in [0.25, 0.3) is 10.9 Å². The van der Waals surface area contributed by atoms with E-state index in [1.807, 2.05) is 72.8 Å². The summed E-state index contributed by atoms with van der Waals surface area (Å²) in [7, 11) is 0. The molecule has 0 N–H and O–H groups in total. The summed E-state index contributed by atoms with van der Waals surface area (Å²) in [6.45, 7) is 0.663. The van der Waals surface area contributed by atoms with Crippen LogP contribution in [-0.2, 0) is 56.0 Å². The molecular formula is C55H30BF24NO. The summed E-state index contributed by atoms with van der Waals surface area (Å²) in [6, 6.07) is 23.0. The Morgan fingerprint density at radius 1 is 0.317 bits per heavy atom. The van der Waals surface area contributed by atoms with Gasteiger partial charge in [-0.3, -0.25) is 4.79 Å². The van der Waals surface area contributed by atoms with Crippen molar-refractivity contribution in [2.24, 2.45) is 0 Å². The number of fused-ring (bicyclic) bond motifs is 1. The minimum Gasteiger partial charge on any atom is -0.282 e. The molecule has 7 aromatic carbocycles. The van der Waals surface area contributed by atoms with Crippen LogP contribution in [0.1, 0.15) is 66.1 Å². The van der Waals surface area contributed by atoms with E-state index in [1.54, 1.807) is 0 Å². The highest BCUT2D eigenvalue weighted by Gasteiger charge is 2.47. The lowest BCUT2D eigenvalue weighted by atomic mass is 9.12. The fourth-order valence-electron chi connectivity index (χ4n) is 9.21. The van der Waals surface area contributed by atoms with Crippen molar-refractivity contribution in [1.82, 2.24) is 0 Å². The maximum atomic E-state index is 14.2. The number of pyridine rings is 1. The number of alkyl halides is 24. The highest BCUT2D eigenvalue weighted by Crippen LogP contribution is 2.41. The topological polar surface area (TPSA) is 20.9 Å². The summed E-state index contributed by atoms with van der Waals surface area (Å²) in [5, 5.41) is 1.13. The third-order valence-electron chi connectivity index (χ3n) is 12.8. The number of aromatic nitrogens is 1. The molecule has 1 aromatic heterocycles. The SMILES string of the molecule is FC(F)(F)c1cc([B-](c2cc(C(F)(F)F)cc(C(F)(F)F)c2)(c2cc(C(F)(F)F)cc(C(F)(F)F)c2)c2cc(C(F)(F)F)cc(C(F)(F)F)c2)cc(C(F)(F)F)c1.O=C(c1ccccc1)c1ccc2ccccc2[n+]1Cc1ccccc1. The summed E-state index contributed by atoms with van der Waals surface area (Å²) in [5.41, 5.74) is -26.6. The first kappa shape index (κ1) is 61.6. The van der Waals surface area contributed by atoms with Gasteiger partial charge in [0.2, 0.25) is 5.52 Å². The Hall–Kier alpha value is -8.00. The predicted molar refractivity (Wildman–Crippen MR) is 250 cm³/mol. The molecule has 0 spiro atoms. The van der Waals surface area contributed by atoms with E-state index in [1.165, 1.54) is 5.56 Å². The number of halogens is 24. The first-order valence-corrected chi connectivity index (χ1v) is 23.0. The van der Waals surface area contributed by atoms with Crippen LogP contribution in [-0.4, -0.2) is 11.9 Å². The van der Waals surface area contributed by atoms with Crippen molar-refractivity contribution in [1.29, 1.82) is 0 Å². The van der Waals surface area contributed by atoms with Gasteiger partial charge in [-0.05, 0) is 36.4 Å². The zero-order valence-electron chi connectivity index (χ0n) is 40.4. The average molecular weight is 1190 g/mol. The van der Waals surface area contributed by atoms with E-state index in [-0.39, 0.29) is 5.78 Å². The van der Waals surface area contributed by atoms with E-state index in [0.29, 0.717) is 17.8 Å². The maximum absolute atomic E-state index is 14.2. The molecule has 1 heterocycles. The van der Waals surface area contributed by atoms with E-state index in [0.717, 1.165) is 10.9 Å². The number of rotatable bonds is 8. The monoisotopic (exact) mass is 1190 g/mol. The van der Waals surface area contributed by atoms with Crippen molar-refractivity contribution in [2.75, 3.05) is 0 Å². The molecule has 0 radical (unpaired) electrons. The van der Waals surface area contributed by atoms with Gasteiger partial charge in [0.15, 0.2) is 6.54 Å². The molecule has 27 heteroatoms. The van der Waals surface area contributed by atoms with Crippen LogP contribution in [0.15, 0.2) is 170 Å². The van der Waals surface area contributed by atoms with Crippen LogP contribution in [0.4, 0.5) is 105 Å². The van der Waals surface area contributed by atoms with Gasteiger partial charge in [-0.2, -0.15) is 132 Å². The van der Waals surface area contributed by atoms with Crippen molar-refractivity contribution in [3.63, 3.8) is 0 Å². The number of ketones is 1. The van der Waals surface area contributed by atoms with Gasteiger partial charge in [0, 0.05) is 28.6 Å². The molecule has 82 heavy (non-hydrogen) atoms. The summed E-state index contributed by atoms with van der Waals surface area (Å²) < 4.78 is 343. The Kier molecular flexibility index (Phi) is 16.3. The Morgan fingerprint density at radius 3 is 0.878 bits per heavy atom. The van der Waals surface area contributed by atoms with Crippen molar-refractivity contribution in [2.45, 2.75) is 56.0 Å². The number of para-hydroxylation sites is 1. The first-order valence-electron chi connectivity index (χ1n) is 23.0. The van der Waals surface area contributed by atoms with Gasteiger partial charge >= 0.3 is 49.4 Å². The Balaban J connectivity index is 0.000000318. The fraction of sp³-hybridized carbons (Fsp3) is 0.164. The average Bonchev–Trinajstić information content (AvgIpc) is 1.70. The van der Waals surface area contributed by atoms with E-state index in [2.05, 4.69) is 28.8 Å². The molecule has 432 valence electrons. The molecule has 8 rings (SSSR count). The van der Waals surface area contributed by atoms with E-state index in [9.17, 15) is 110 Å². The number of nitrogens with zero attached hydrogens (tertiary/aromatic N) is 1. The standard InChI is InChI=1S/C32H12BF24.C23H18NO/c34-25(35,36)13-1-14(26(37,38)39)6-21(5-13)33(22-7-15(27(40,41)42)2-16(8-22)28(43,44)45,23-9-17(29(46,47)48)3-18(10-23)30(49,50)51)24-11-19(31(52,53)54)4-20(12-24)32(55,56)57;25-23(20-12-5-2-6-13-20)22-16-15-19-11-7-8-14-21(19)24(22)17-18-9-3-1-4-10-18/h1-12H;1-16H,17H2/q-1;+1. The van der Waals surface area contributed by atoms with Gasteiger partial charge in [-0.15, -0.1) is 0 Å². The second-order valence-electron chi connectivity index (χ2n) is 18.3. The quantitative estimate of drug-likeness (QED) is 0.0643. The molecule has 8 aromatic rings. The molecule has 0 aliphatic heterocycles. The van der Waals surface area contributed by atoms with Crippen molar-refractivity contribution < 1.29 is 115 Å². The first-order chi connectivity index (χ1) is 37.6. The molecule has 0 amide bonds. The Bertz CT molecular complexity index is 3190. The van der Waals surface area contributed by atoms with Gasteiger partial charge in [0.25, 0.3) is 11.5 Å². The van der Waals surface area contributed by atoms with Crippen LogP contribution in [0.5, 0.6) is 0 Å². The largest absolute Gasteiger partial charge is 0.416 e. The van der Waals surface area contributed by atoms with Gasteiger partial charge < -0.3 is 0 Å². The molecule has 2 nitrogen and oxygen atoms in total. The number of hydrogen-bond acceptors (Lipinski definition) is 1. The molecular weight excluding hydrogens is 1160 g/mol. The van der Waals surface area contributed by atoms with E-state index in [4.69, 9.17) is 0 Å². The molecule has 0 bridgehead atoms. The van der Waals surface area contributed by atoms with E-state index >= 15 is 0 Å². The van der Waals surface area contributed by atoms with Crippen LogP contribution in [0.3, 0.4) is 0 Å². The lowest BCUT2D eigenvalue weighted by molar-refractivity contribution is -0.664. The smallest absolute Gasteiger partial charge is 0.282 e. The minimum atomic E-state index is -6.13. The minimum absolute atomic E-state index is 0.0438. The van der Waals surface area contributed by atoms with Crippen LogP contribution in [0.2, 0.25) is 0 Å². The third-order valence-corrected chi connectivity index (χ3v) is 12.8. The molecule has 0 saturated heterocycles. The zero-order chi connectivity index (χ0) is 61.0. The van der Waals surface area contributed by atoms with Crippen molar-refractivity contribution in [3.8, 4) is 0 Å². The number of carbonyl (C=O) groups excluding carboxylic acids is 1. The molecule has 0 unspecified atom stereocenters. The second-order valence-corrected chi connectivity index (χ2v) is 18.3. The third kappa shape index (κ3) is 13.5. The van der Waals surface area contributed by atoms with Gasteiger partial charge in [0.05, 0.1) is 44.5 Å². The van der Waals surface area contributed by atoms with Crippen molar-refractivity contribution >= 4 is 44.7 Å². The lowest BCUT2D eigenvalue weighted by Crippen LogP contribution is -2.75. The summed E-state index contributed by atoms with van der Waals surface area (Å²) in [5.74, 6) is 0.0438.